The Labute approximate surface area is 118 Å². The van der Waals surface area contributed by atoms with Crippen LogP contribution in [-0.4, -0.2) is 27.3 Å². The Morgan fingerprint density at radius 2 is 2.19 bits per heavy atom. The third-order valence-electron chi connectivity index (χ3n) is 2.68. The summed E-state index contributed by atoms with van der Waals surface area (Å²) >= 11 is 0. The Hall–Kier alpha value is -2.38. The van der Waals surface area contributed by atoms with Crippen LogP contribution in [0.5, 0.6) is 0 Å². The Kier molecular flexibility index (Phi) is 4.25. The highest BCUT2D eigenvalue weighted by Gasteiger charge is 2.37. The van der Waals surface area contributed by atoms with E-state index in [0.29, 0.717) is 6.42 Å². The fourth-order valence-corrected chi connectivity index (χ4v) is 1.74. The summed E-state index contributed by atoms with van der Waals surface area (Å²) in [6.45, 7) is -0.0310. The van der Waals surface area contributed by atoms with Crippen molar-refractivity contribution in [3.63, 3.8) is 0 Å². The number of halogens is 3. The number of hydrogen-bond donors (Lipinski definition) is 0. The molecule has 0 fully saturated rings. The predicted octanol–water partition coefficient (Wildman–Crippen LogP) is 2.23. The van der Waals surface area contributed by atoms with Gasteiger partial charge < -0.3 is 4.74 Å². The largest absolute Gasteiger partial charge is 0.462 e. The lowest BCUT2D eigenvalue weighted by molar-refractivity contribution is -0.141. The Morgan fingerprint density at radius 1 is 1.43 bits per heavy atom. The number of ether oxygens (including phenoxy) is 1. The van der Waals surface area contributed by atoms with Gasteiger partial charge in [-0.05, 0) is 17.7 Å². The number of pyridine rings is 1. The van der Waals surface area contributed by atoms with Crippen LogP contribution >= 0.6 is 0 Å². The lowest BCUT2D eigenvalue weighted by Gasteiger charge is -2.10. The third kappa shape index (κ3) is 3.80. The molecule has 0 atom stereocenters. The fourth-order valence-electron chi connectivity index (χ4n) is 1.74. The molecule has 0 aliphatic carbocycles. The van der Waals surface area contributed by atoms with Gasteiger partial charge in [0.2, 0.25) is 0 Å². The van der Waals surface area contributed by atoms with Gasteiger partial charge in [0, 0.05) is 25.9 Å². The lowest BCUT2D eigenvalue weighted by atomic mass is 10.2. The van der Waals surface area contributed by atoms with E-state index in [4.69, 9.17) is 4.74 Å². The van der Waals surface area contributed by atoms with Crippen molar-refractivity contribution in [1.29, 1.82) is 0 Å². The van der Waals surface area contributed by atoms with Crippen LogP contribution in [0.15, 0.2) is 30.7 Å². The molecule has 112 valence electrons. The number of rotatable bonds is 4. The molecule has 0 spiro atoms. The zero-order valence-corrected chi connectivity index (χ0v) is 11.1. The van der Waals surface area contributed by atoms with E-state index in [0.717, 1.165) is 17.8 Å². The SMILES string of the molecule is Cn1cc(CCOC(=O)c2cccnc2C(F)(F)F)cn1. The number of hydrogen-bond acceptors (Lipinski definition) is 4. The van der Waals surface area contributed by atoms with Crippen molar-refractivity contribution in [3.05, 3.63) is 47.5 Å². The van der Waals surface area contributed by atoms with E-state index >= 15 is 0 Å². The maximum Gasteiger partial charge on any atom is 0.434 e. The molecule has 0 aromatic carbocycles. The summed E-state index contributed by atoms with van der Waals surface area (Å²) in [4.78, 5) is 14.9. The fraction of sp³-hybridized carbons (Fsp3) is 0.308. The van der Waals surface area contributed by atoms with Gasteiger partial charge in [-0.2, -0.15) is 18.3 Å². The first-order valence-corrected chi connectivity index (χ1v) is 6.05. The van der Waals surface area contributed by atoms with E-state index in [2.05, 4.69) is 10.1 Å². The van der Waals surface area contributed by atoms with Crippen LogP contribution in [0.25, 0.3) is 0 Å². The topological polar surface area (TPSA) is 57.0 Å². The van der Waals surface area contributed by atoms with Crippen molar-refractivity contribution >= 4 is 5.97 Å². The maximum atomic E-state index is 12.7. The molecule has 2 aromatic rings. The standard InChI is InChI=1S/C13H12F3N3O2/c1-19-8-9(7-18-19)4-6-21-12(20)10-3-2-5-17-11(10)13(14,15)16/h2-3,5,7-8H,4,6H2,1H3. The predicted molar refractivity (Wildman–Crippen MR) is 66.4 cm³/mol. The quantitative estimate of drug-likeness (QED) is 0.812. The average molecular weight is 299 g/mol. The normalized spacial score (nSPS) is 11.4. The van der Waals surface area contributed by atoms with Crippen molar-refractivity contribution in [2.75, 3.05) is 6.61 Å². The van der Waals surface area contributed by atoms with E-state index < -0.39 is 23.4 Å². The molecule has 0 N–H and O–H groups in total. The molecule has 0 aliphatic heterocycles. The van der Waals surface area contributed by atoms with Gasteiger partial charge in [-0.3, -0.25) is 9.67 Å². The van der Waals surface area contributed by atoms with Crippen molar-refractivity contribution in [1.82, 2.24) is 14.8 Å². The monoisotopic (exact) mass is 299 g/mol. The summed E-state index contributed by atoms with van der Waals surface area (Å²) in [6.07, 6.45) is -0.00645. The molecule has 5 nitrogen and oxygen atoms in total. The average Bonchev–Trinajstić information content (AvgIpc) is 2.83. The van der Waals surface area contributed by atoms with E-state index in [1.54, 1.807) is 24.1 Å². The number of aryl methyl sites for hydroxylation is 1. The number of alkyl halides is 3. The first-order chi connectivity index (χ1) is 9.88. The molecular weight excluding hydrogens is 287 g/mol. The second-order valence-corrected chi connectivity index (χ2v) is 4.31. The van der Waals surface area contributed by atoms with E-state index in [1.807, 2.05) is 0 Å². The molecule has 2 rings (SSSR count). The number of aromatic nitrogens is 3. The maximum absolute atomic E-state index is 12.7. The molecule has 21 heavy (non-hydrogen) atoms. The van der Waals surface area contributed by atoms with Crippen LogP contribution in [0, 0.1) is 0 Å². The van der Waals surface area contributed by atoms with Gasteiger partial charge in [0.25, 0.3) is 0 Å². The van der Waals surface area contributed by atoms with Gasteiger partial charge in [0.05, 0.1) is 18.4 Å². The highest BCUT2D eigenvalue weighted by atomic mass is 19.4. The second-order valence-electron chi connectivity index (χ2n) is 4.31. The van der Waals surface area contributed by atoms with Crippen LogP contribution in [0.2, 0.25) is 0 Å². The Morgan fingerprint density at radius 3 is 2.81 bits per heavy atom. The van der Waals surface area contributed by atoms with E-state index in [1.165, 1.54) is 6.07 Å². The molecule has 8 heteroatoms. The van der Waals surface area contributed by atoms with Gasteiger partial charge in [-0.15, -0.1) is 0 Å². The molecule has 0 bridgehead atoms. The second kappa shape index (κ2) is 5.94. The van der Waals surface area contributed by atoms with Crippen LogP contribution in [0.3, 0.4) is 0 Å². The summed E-state index contributed by atoms with van der Waals surface area (Å²) in [5.74, 6) is -1.04. The zero-order chi connectivity index (χ0) is 15.5. The van der Waals surface area contributed by atoms with Crippen molar-refractivity contribution in [3.8, 4) is 0 Å². The van der Waals surface area contributed by atoms with Crippen molar-refractivity contribution < 1.29 is 22.7 Å². The lowest BCUT2D eigenvalue weighted by Crippen LogP contribution is -2.17. The van der Waals surface area contributed by atoms with Gasteiger partial charge in [0.1, 0.15) is 0 Å². The number of carbonyl (C=O) groups is 1. The molecule has 2 heterocycles. The highest BCUT2D eigenvalue weighted by Crippen LogP contribution is 2.30. The van der Waals surface area contributed by atoms with Crippen LogP contribution in [0.4, 0.5) is 13.2 Å². The number of nitrogens with zero attached hydrogens (tertiary/aromatic N) is 3. The summed E-state index contributed by atoms with van der Waals surface area (Å²) in [6, 6.07) is 2.30. The zero-order valence-electron chi connectivity index (χ0n) is 11.1. The van der Waals surface area contributed by atoms with Crippen LogP contribution in [-0.2, 0) is 24.4 Å². The van der Waals surface area contributed by atoms with Crippen LogP contribution < -0.4 is 0 Å². The molecule has 0 radical (unpaired) electrons. The van der Waals surface area contributed by atoms with E-state index in [-0.39, 0.29) is 6.61 Å². The summed E-state index contributed by atoms with van der Waals surface area (Å²) in [5, 5.41) is 3.94. The van der Waals surface area contributed by atoms with Crippen LogP contribution in [0.1, 0.15) is 21.6 Å². The van der Waals surface area contributed by atoms with Gasteiger partial charge in [0.15, 0.2) is 5.69 Å². The van der Waals surface area contributed by atoms with Gasteiger partial charge in [-0.25, -0.2) is 4.79 Å². The molecule has 0 saturated heterocycles. The Bertz CT molecular complexity index is 638. The van der Waals surface area contributed by atoms with E-state index in [9.17, 15) is 18.0 Å². The summed E-state index contributed by atoms with van der Waals surface area (Å²) < 4.78 is 44.6. The minimum atomic E-state index is -4.70. The molecule has 0 unspecified atom stereocenters. The first kappa shape index (κ1) is 15.0. The minimum absolute atomic E-state index is 0.0310. The third-order valence-corrected chi connectivity index (χ3v) is 2.68. The summed E-state index contributed by atoms with van der Waals surface area (Å²) in [7, 11) is 1.74. The molecule has 0 aliphatic rings. The summed E-state index contributed by atoms with van der Waals surface area (Å²) in [5.41, 5.74) is -1.000. The van der Waals surface area contributed by atoms with Gasteiger partial charge in [-0.1, -0.05) is 0 Å². The molecular formula is C13H12F3N3O2. The van der Waals surface area contributed by atoms with Crippen molar-refractivity contribution in [2.45, 2.75) is 12.6 Å². The first-order valence-electron chi connectivity index (χ1n) is 6.05. The number of esters is 1. The molecule has 0 saturated carbocycles. The van der Waals surface area contributed by atoms with Crippen molar-refractivity contribution in [2.24, 2.45) is 7.05 Å². The molecule has 2 aromatic heterocycles. The van der Waals surface area contributed by atoms with Gasteiger partial charge >= 0.3 is 12.1 Å². The highest BCUT2D eigenvalue weighted by molar-refractivity contribution is 5.90. The minimum Gasteiger partial charge on any atom is -0.462 e. The number of carbonyl (C=O) groups excluding carboxylic acids is 1. The Balaban J connectivity index is 2.01. The smallest absolute Gasteiger partial charge is 0.434 e. The molecule has 0 amide bonds.